The first-order chi connectivity index (χ1) is 43.6. The van der Waals surface area contributed by atoms with Crippen LogP contribution in [0.4, 0.5) is 0 Å². The molecule has 0 amide bonds. The lowest BCUT2D eigenvalue weighted by molar-refractivity contribution is -0.205. The molecule has 6 aromatic rings. The minimum Gasteiger partial charge on any atom is -0.482 e. The molecule has 3 aliphatic heterocycles. The van der Waals surface area contributed by atoms with Gasteiger partial charge in [-0.3, -0.25) is 4.79 Å². The highest BCUT2D eigenvalue weighted by Crippen LogP contribution is 2.64. The van der Waals surface area contributed by atoms with Crippen molar-refractivity contribution in [3.63, 3.8) is 0 Å². The third-order valence-electron chi connectivity index (χ3n) is 22.8. The van der Waals surface area contributed by atoms with E-state index in [0.29, 0.717) is 53.4 Å². The molecular weight excluding hydrogens is 1120 g/mol. The summed E-state index contributed by atoms with van der Waals surface area (Å²) in [5.41, 5.74) is 10.2. The molecule has 10 aliphatic rings. The first-order valence-electron chi connectivity index (χ1n) is 32.6. The lowest BCUT2D eigenvalue weighted by Crippen LogP contribution is -2.61. The zero-order valence-electron chi connectivity index (χ0n) is 50.4. The maximum atomic E-state index is 16.1. The number of ether oxygens (including phenoxy) is 4. The van der Waals surface area contributed by atoms with E-state index in [1.807, 2.05) is 0 Å². The fraction of sp³-hybridized carbons (Fsp3) is 0.416. The van der Waals surface area contributed by atoms with E-state index in [4.69, 9.17) is 23.4 Å². The molecule has 0 saturated heterocycles. The molecule has 5 aromatic carbocycles. The maximum absolute atomic E-state index is 16.1. The second-order valence-electron chi connectivity index (χ2n) is 26.9. The number of esters is 2. The van der Waals surface area contributed by atoms with E-state index in [-0.39, 0.29) is 115 Å². The van der Waals surface area contributed by atoms with Crippen molar-refractivity contribution in [2.24, 2.45) is 35.5 Å². The molecular formula is C77H78O12. The zero-order valence-corrected chi connectivity index (χ0v) is 50.4. The quantitative estimate of drug-likeness (QED) is 0.0354. The fourth-order valence-corrected chi connectivity index (χ4v) is 18.9. The van der Waals surface area contributed by atoms with Crippen LogP contribution in [0.1, 0.15) is 174 Å². The number of allylic oxidation sites excluding steroid dienone is 4. The van der Waals surface area contributed by atoms with Gasteiger partial charge in [-0.2, -0.15) is 0 Å². The third kappa shape index (κ3) is 9.43. The predicted octanol–water partition coefficient (Wildman–Crippen LogP) is 13.1. The van der Waals surface area contributed by atoms with Crippen LogP contribution in [-0.2, 0) is 42.2 Å². The maximum Gasteiger partial charge on any atom is 0.340 e. The summed E-state index contributed by atoms with van der Waals surface area (Å²) in [6.07, 6.45) is 23.6. The Morgan fingerprint density at radius 1 is 0.730 bits per heavy atom. The van der Waals surface area contributed by atoms with Crippen molar-refractivity contribution in [1.82, 2.24) is 0 Å². The summed E-state index contributed by atoms with van der Waals surface area (Å²) in [5, 5.41) is 42.5. The monoisotopic (exact) mass is 1190 g/mol. The Hall–Kier alpha value is -7.45. The van der Waals surface area contributed by atoms with Crippen LogP contribution in [0.3, 0.4) is 0 Å². The molecule has 89 heavy (non-hydrogen) atoms. The molecule has 12 heteroatoms. The Bertz CT molecular complexity index is 4000. The highest BCUT2D eigenvalue weighted by molar-refractivity contribution is 5.91. The van der Waals surface area contributed by atoms with Crippen molar-refractivity contribution in [1.29, 1.82) is 0 Å². The third-order valence-corrected chi connectivity index (χ3v) is 22.8. The van der Waals surface area contributed by atoms with E-state index < -0.39 is 54.7 Å². The van der Waals surface area contributed by atoms with E-state index in [0.717, 1.165) is 42.4 Å². The molecule has 3 fully saturated rings. The normalized spacial score (nSPS) is 31.3. The van der Waals surface area contributed by atoms with E-state index in [2.05, 4.69) is 140 Å². The lowest BCUT2D eigenvalue weighted by Gasteiger charge is -2.53. The summed E-state index contributed by atoms with van der Waals surface area (Å²) in [6, 6.07) is 36.6. The lowest BCUT2D eigenvalue weighted by atomic mass is 9.49. The zero-order chi connectivity index (χ0) is 60.7. The van der Waals surface area contributed by atoms with Crippen LogP contribution in [0.15, 0.2) is 154 Å². The molecule has 2 spiro atoms. The molecule has 7 aliphatic carbocycles. The number of rotatable bonds is 9. The highest BCUT2D eigenvalue weighted by atomic mass is 16.6. The van der Waals surface area contributed by atoms with E-state index in [1.54, 1.807) is 19.1 Å². The van der Waals surface area contributed by atoms with Gasteiger partial charge in [-0.05, 0) is 185 Å². The number of aliphatic hydroxyl groups excluding tert-OH is 4. The van der Waals surface area contributed by atoms with Crippen LogP contribution in [0, 0.1) is 35.5 Å². The summed E-state index contributed by atoms with van der Waals surface area (Å²) in [7, 11) is 0. The number of fused-ring (bicyclic) bond motifs is 19. The fourth-order valence-electron chi connectivity index (χ4n) is 18.9. The average molecular weight is 1200 g/mol. The van der Waals surface area contributed by atoms with Crippen LogP contribution in [0.25, 0.3) is 29.2 Å². The van der Waals surface area contributed by atoms with Crippen LogP contribution in [0.5, 0.6) is 5.75 Å². The molecule has 1 aromatic heterocycles. The van der Waals surface area contributed by atoms with Gasteiger partial charge in [0.05, 0.1) is 25.4 Å². The van der Waals surface area contributed by atoms with Crippen molar-refractivity contribution in [3.05, 3.63) is 222 Å². The van der Waals surface area contributed by atoms with Crippen molar-refractivity contribution >= 4 is 41.1 Å². The summed E-state index contributed by atoms with van der Waals surface area (Å²) in [6.45, 7) is -0.334. The second kappa shape index (κ2) is 23.4. The average Bonchev–Trinajstić information content (AvgIpc) is 1.52. The van der Waals surface area contributed by atoms with Crippen molar-refractivity contribution in [2.75, 3.05) is 26.6 Å². The van der Waals surface area contributed by atoms with Gasteiger partial charge in [-0.25, -0.2) is 9.59 Å². The van der Waals surface area contributed by atoms with Crippen LogP contribution >= 0.6 is 0 Å². The summed E-state index contributed by atoms with van der Waals surface area (Å²) < 4.78 is 33.9. The first kappa shape index (κ1) is 58.0. The summed E-state index contributed by atoms with van der Waals surface area (Å²) in [5.74, 6) is -1.14. The standard InChI is InChI=1S/C77H78O12/c1-44(40-79)54-28-20-45-18-21-47(22-19-45)55-29-25-49(57-14-7-17-65-60(57)31-27-53-12-6-11-52-26-23-48-10-3-5-16-64(48)77(52,53)65)37-51(55)38-68(82)86-72-70-67(33-32-61-63(41-80)69(75(84)87-71(61)70)50(34-36-78)42-85-43-81)89-76(73(72)88-74(54)83)35-8-15-59-58-30-24-46-9-2-4-13-56(46)62(58)39-66(59)76/h2-5,7-10,13-19,21-24,26-27,30-33,49-53,55,58-59,62,66,72-73,78-81H,6,11-12,20,25,28-29,34-43H2,1H3/b54-44-/t49-,50+,51+,52+,53-,55+,58+,59-,62+,66+,72+,73-,76-,77-/m0/s1. The number of carbonyl (C=O) groups is 2. The molecule has 14 atom stereocenters. The highest BCUT2D eigenvalue weighted by Gasteiger charge is 2.65. The van der Waals surface area contributed by atoms with Gasteiger partial charge in [0.25, 0.3) is 0 Å². The number of benzene rings is 5. The largest absolute Gasteiger partial charge is 0.482 e. The molecule has 3 saturated carbocycles. The van der Waals surface area contributed by atoms with Gasteiger partial charge in [0, 0.05) is 53.2 Å². The SMILES string of the molecule is C/C(CO)=C1\CCc2ccc(cc2)[C@H]2CC[C@H](c3cccc4c3C=C[C@@H]3CCC[C@@H]5C=Cc6ccccc6[C@@]435)C[C@@H]2CC(=O)O[C@@H]2c3c(ccc4c(CO)c([C@H](CCO)COCO)c(=O)oc34)O[C@]3(CC=C[C@H]4[C@H]5C=Cc6ccccc6[C@H]5C[C@H]43)[C@H]2OC1=O. The minimum atomic E-state index is -1.41. The van der Waals surface area contributed by atoms with E-state index >= 15 is 9.59 Å². The summed E-state index contributed by atoms with van der Waals surface area (Å²) >= 11 is 0. The molecule has 0 radical (unpaired) electrons. The van der Waals surface area contributed by atoms with Crippen LogP contribution < -0.4 is 10.4 Å². The number of aliphatic hydroxyl groups is 4. The Balaban J connectivity index is 0.881. The van der Waals surface area contributed by atoms with Crippen LogP contribution in [-0.4, -0.2) is 70.7 Å². The number of aryl methyl sites for hydroxylation is 1. The van der Waals surface area contributed by atoms with Gasteiger partial charge in [0.15, 0.2) is 17.8 Å². The van der Waals surface area contributed by atoms with Gasteiger partial charge in [0.1, 0.15) is 18.1 Å². The Morgan fingerprint density at radius 2 is 1.51 bits per heavy atom. The van der Waals surface area contributed by atoms with Crippen molar-refractivity contribution in [3.8, 4) is 5.75 Å². The van der Waals surface area contributed by atoms with Gasteiger partial charge >= 0.3 is 17.6 Å². The minimum absolute atomic E-state index is 0.000929. The first-order valence-corrected chi connectivity index (χ1v) is 32.6. The van der Waals surface area contributed by atoms with E-state index in [1.165, 1.54) is 39.8 Å². The molecule has 4 heterocycles. The number of carbonyl (C=O) groups excluding carboxylic acids is 2. The van der Waals surface area contributed by atoms with Gasteiger partial charge in [-0.1, -0.05) is 146 Å². The predicted molar refractivity (Wildman–Crippen MR) is 340 cm³/mol. The second-order valence-corrected chi connectivity index (χ2v) is 26.9. The van der Waals surface area contributed by atoms with Crippen molar-refractivity contribution < 1.29 is 53.4 Å². The smallest absolute Gasteiger partial charge is 0.340 e. The Kier molecular flexibility index (Phi) is 15.2. The Labute approximate surface area is 519 Å². The van der Waals surface area contributed by atoms with Crippen LogP contribution in [0.2, 0.25) is 0 Å². The van der Waals surface area contributed by atoms with Gasteiger partial charge in [0.2, 0.25) is 0 Å². The number of hydrogen-bond donors (Lipinski definition) is 4. The molecule has 0 unspecified atom stereocenters. The van der Waals surface area contributed by atoms with Gasteiger partial charge < -0.3 is 43.8 Å². The molecule has 12 nitrogen and oxygen atoms in total. The van der Waals surface area contributed by atoms with Gasteiger partial charge in [-0.15, -0.1) is 0 Å². The molecule has 2 bridgehead atoms. The Morgan fingerprint density at radius 3 is 2.31 bits per heavy atom. The molecule has 4 N–H and O–H groups in total. The summed E-state index contributed by atoms with van der Waals surface area (Å²) in [4.78, 5) is 46.5. The topological polar surface area (TPSA) is 182 Å². The number of hydrogen-bond acceptors (Lipinski definition) is 12. The van der Waals surface area contributed by atoms with E-state index in [9.17, 15) is 25.2 Å². The molecule has 458 valence electrons. The van der Waals surface area contributed by atoms with Crippen molar-refractivity contribution in [2.45, 2.75) is 137 Å². The molecule has 16 rings (SSSR count).